The minimum atomic E-state index is -4.82. The van der Waals surface area contributed by atoms with Gasteiger partial charge in [-0.1, -0.05) is 17.4 Å². The van der Waals surface area contributed by atoms with Crippen LogP contribution in [0.4, 0.5) is 33.2 Å². The highest BCUT2D eigenvalue weighted by Gasteiger charge is 2.45. The minimum Gasteiger partial charge on any atom is -0.369 e. The number of fused-ring (bicyclic) bond motifs is 1. The lowest BCUT2D eigenvalue weighted by atomic mass is 9.98. The molecular formula is C17H12F4N4O2S. The summed E-state index contributed by atoms with van der Waals surface area (Å²) in [7, 11) is 0. The smallest absolute Gasteiger partial charge is 0.369 e. The monoisotopic (exact) mass is 412 g/mol. The van der Waals surface area contributed by atoms with Crippen LogP contribution in [0.5, 0.6) is 0 Å². The van der Waals surface area contributed by atoms with Crippen molar-refractivity contribution in [2.24, 2.45) is 5.73 Å². The quantitative estimate of drug-likeness (QED) is 0.560. The predicted octanol–water partition coefficient (Wildman–Crippen LogP) is 4.21. The van der Waals surface area contributed by atoms with Crippen LogP contribution in [-0.4, -0.2) is 23.1 Å². The maximum absolute atomic E-state index is 13.1. The number of nitrogens with zero attached hydrogens (tertiary/aromatic N) is 1. The fourth-order valence-corrected chi connectivity index (χ4v) is 3.39. The van der Waals surface area contributed by atoms with Gasteiger partial charge in [0.05, 0.1) is 10.2 Å². The maximum Gasteiger partial charge on any atom is 0.404 e. The van der Waals surface area contributed by atoms with Gasteiger partial charge in [-0.2, -0.15) is 13.2 Å². The van der Waals surface area contributed by atoms with Gasteiger partial charge >= 0.3 is 12.2 Å². The Morgan fingerprint density at radius 1 is 1.07 bits per heavy atom. The summed E-state index contributed by atoms with van der Waals surface area (Å²) in [6.07, 6.45) is -4.82. The van der Waals surface area contributed by atoms with Crippen LogP contribution >= 0.6 is 11.3 Å². The van der Waals surface area contributed by atoms with Gasteiger partial charge in [0, 0.05) is 5.69 Å². The number of aromatic nitrogens is 1. The van der Waals surface area contributed by atoms with E-state index in [2.05, 4.69) is 15.6 Å². The Morgan fingerprint density at radius 2 is 1.75 bits per heavy atom. The van der Waals surface area contributed by atoms with E-state index in [-0.39, 0.29) is 10.7 Å². The number of carbonyl (C=O) groups is 2. The Labute approximate surface area is 159 Å². The summed E-state index contributed by atoms with van der Waals surface area (Å²) in [5, 5.41) is 5.05. The first kappa shape index (κ1) is 19.5. The molecule has 0 aliphatic heterocycles. The molecule has 1 unspecified atom stereocenters. The van der Waals surface area contributed by atoms with Gasteiger partial charge in [0.2, 0.25) is 5.91 Å². The summed E-state index contributed by atoms with van der Waals surface area (Å²) in [5.74, 6) is -4.40. The molecule has 28 heavy (non-hydrogen) atoms. The molecular weight excluding hydrogens is 400 g/mol. The average molecular weight is 412 g/mol. The van der Waals surface area contributed by atoms with Crippen LogP contribution in [-0.2, 0) is 4.79 Å². The second-order valence-electron chi connectivity index (χ2n) is 5.71. The number of carbonyl (C=O) groups excluding carboxylic acids is 2. The Hall–Kier alpha value is -3.21. The summed E-state index contributed by atoms with van der Waals surface area (Å²) < 4.78 is 52.4. The number of thiazole rings is 1. The van der Waals surface area contributed by atoms with Gasteiger partial charge in [0.1, 0.15) is 5.82 Å². The summed E-state index contributed by atoms with van der Waals surface area (Å²) >= 11 is 0.930. The molecule has 0 radical (unpaired) electrons. The molecule has 11 heteroatoms. The molecule has 3 rings (SSSR count). The van der Waals surface area contributed by atoms with Gasteiger partial charge in [-0.05, 0) is 42.0 Å². The van der Waals surface area contributed by atoms with Crippen molar-refractivity contribution in [1.29, 1.82) is 0 Å². The number of amides is 3. The number of urea groups is 1. The highest BCUT2D eigenvalue weighted by Crippen LogP contribution is 2.37. The van der Waals surface area contributed by atoms with Crippen LogP contribution in [0.1, 0.15) is 11.5 Å². The van der Waals surface area contributed by atoms with Crippen molar-refractivity contribution in [3.63, 3.8) is 0 Å². The molecule has 146 valence electrons. The van der Waals surface area contributed by atoms with Crippen LogP contribution in [0.2, 0.25) is 0 Å². The molecule has 1 heterocycles. The van der Waals surface area contributed by atoms with E-state index in [1.165, 1.54) is 36.4 Å². The fourth-order valence-electron chi connectivity index (χ4n) is 2.48. The van der Waals surface area contributed by atoms with Gasteiger partial charge in [-0.3, -0.25) is 10.1 Å². The highest BCUT2D eigenvalue weighted by molar-refractivity contribution is 7.22. The van der Waals surface area contributed by atoms with E-state index in [1.54, 1.807) is 0 Å². The molecule has 0 aliphatic rings. The lowest BCUT2D eigenvalue weighted by Crippen LogP contribution is -2.33. The van der Waals surface area contributed by atoms with Gasteiger partial charge in [-0.15, -0.1) is 0 Å². The van der Waals surface area contributed by atoms with Crippen molar-refractivity contribution in [1.82, 2.24) is 4.98 Å². The number of primary amides is 1. The zero-order chi connectivity index (χ0) is 20.5. The van der Waals surface area contributed by atoms with Crippen molar-refractivity contribution >= 4 is 44.3 Å². The Morgan fingerprint density at radius 3 is 2.36 bits per heavy atom. The van der Waals surface area contributed by atoms with Gasteiger partial charge in [0.15, 0.2) is 11.0 Å². The van der Waals surface area contributed by atoms with Crippen LogP contribution in [0.25, 0.3) is 10.2 Å². The topological polar surface area (TPSA) is 97.1 Å². The molecule has 3 amide bonds. The van der Waals surface area contributed by atoms with Crippen LogP contribution in [0, 0.1) is 5.82 Å². The van der Waals surface area contributed by atoms with E-state index >= 15 is 0 Å². The second kappa shape index (κ2) is 7.43. The number of rotatable bonds is 4. The lowest BCUT2D eigenvalue weighted by molar-refractivity contribution is -0.162. The van der Waals surface area contributed by atoms with E-state index in [4.69, 9.17) is 5.73 Å². The largest absolute Gasteiger partial charge is 0.404 e. The van der Waals surface area contributed by atoms with E-state index in [0.29, 0.717) is 15.9 Å². The number of nitrogens with two attached hydrogens (primary N) is 1. The van der Waals surface area contributed by atoms with Crippen LogP contribution < -0.4 is 16.4 Å². The Kier molecular flexibility index (Phi) is 5.18. The van der Waals surface area contributed by atoms with Gasteiger partial charge < -0.3 is 11.1 Å². The van der Waals surface area contributed by atoms with Crippen molar-refractivity contribution in [3.8, 4) is 0 Å². The standard InChI is InChI=1S/C17H12F4N4O2S/c18-9-2-4-10(5-3-9)23-15(27)25-16-24-11-6-1-8(7-12(11)28-16)13(14(22)26)17(19,20)21/h1-7,13H,(H2,22,26)(H2,23,24,25,27). The molecule has 3 aromatic rings. The van der Waals surface area contributed by atoms with Crippen LogP contribution in [0.3, 0.4) is 0 Å². The van der Waals surface area contributed by atoms with E-state index in [0.717, 1.165) is 17.4 Å². The SMILES string of the molecule is NC(=O)C(c1ccc2nc(NC(=O)Nc3ccc(F)cc3)sc2c1)C(F)(F)F. The van der Waals surface area contributed by atoms with Gasteiger partial charge in [-0.25, -0.2) is 14.2 Å². The molecule has 0 aliphatic carbocycles. The van der Waals surface area contributed by atoms with E-state index in [1.807, 2.05) is 0 Å². The van der Waals surface area contributed by atoms with Gasteiger partial charge in [0.25, 0.3) is 0 Å². The zero-order valence-corrected chi connectivity index (χ0v) is 14.7. The number of halogens is 4. The summed E-state index contributed by atoms with van der Waals surface area (Å²) in [6, 6.07) is 8.01. The molecule has 0 bridgehead atoms. The van der Waals surface area contributed by atoms with Crippen molar-refractivity contribution in [2.75, 3.05) is 10.6 Å². The molecule has 0 saturated heterocycles. The number of alkyl halides is 3. The second-order valence-corrected chi connectivity index (χ2v) is 6.74. The average Bonchev–Trinajstić information content (AvgIpc) is 2.96. The van der Waals surface area contributed by atoms with E-state index < -0.39 is 29.8 Å². The predicted molar refractivity (Wildman–Crippen MR) is 96.7 cm³/mol. The first-order chi connectivity index (χ1) is 13.1. The number of benzene rings is 2. The van der Waals surface area contributed by atoms with Crippen LogP contribution in [0.15, 0.2) is 42.5 Å². The van der Waals surface area contributed by atoms with E-state index in [9.17, 15) is 27.2 Å². The van der Waals surface area contributed by atoms with Crippen molar-refractivity contribution < 1.29 is 27.2 Å². The number of nitrogens with one attached hydrogen (secondary N) is 2. The fraction of sp³-hybridized carbons (Fsp3) is 0.118. The third kappa shape index (κ3) is 4.36. The van der Waals surface area contributed by atoms with Crippen molar-refractivity contribution in [2.45, 2.75) is 12.1 Å². The molecule has 0 fully saturated rings. The summed E-state index contributed by atoms with van der Waals surface area (Å²) in [5.41, 5.74) is 5.27. The third-order valence-electron chi connectivity index (χ3n) is 3.68. The molecule has 4 N–H and O–H groups in total. The third-order valence-corrected chi connectivity index (χ3v) is 4.61. The minimum absolute atomic E-state index is 0.134. The Balaban J connectivity index is 1.79. The first-order valence-corrected chi connectivity index (χ1v) is 8.55. The molecule has 0 saturated carbocycles. The molecule has 2 aromatic carbocycles. The van der Waals surface area contributed by atoms with Crippen molar-refractivity contribution in [3.05, 3.63) is 53.8 Å². The number of anilines is 2. The molecule has 1 aromatic heterocycles. The summed E-state index contributed by atoms with van der Waals surface area (Å²) in [4.78, 5) is 27.3. The normalized spacial score (nSPS) is 12.6. The molecule has 6 nitrogen and oxygen atoms in total. The number of hydrogen-bond acceptors (Lipinski definition) is 4. The zero-order valence-electron chi connectivity index (χ0n) is 13.9. The molecule has 1 atom stereocenters. The Bertz CT molecular complexity index is 1030. The lowest BCUT2D eigenvalue weighted by Gasteiger charge is -2.17. The summed E-state index contributed by atoms with van der Waals surface area (Å²) in [6.45, 7) is 0. The molecule has 0 spiro atoms. The first-order valence-electron chi connectivity index (χ1n) is 7.73. The highest BCUT2D eigenvalue weighted by atomic mass is 32.1. The number of hydrogen-bond donors (Lipinski definition) is 3. The maximum atomic E-state index is 13.1.